The first-order valence-electron chi connectivity index (χ1n) is 8.12. The van der Waals surface area contributed by atoms with E-state index in [1.165, 1.54) is 0 Å². The average Bonchev–Trinajstić information content (AvgIpc) is 3.35. The largest absolute Gasteiger partial charge is 0.353 e. The van der Waals surface area contributed by atoms with Crippen LogP contribution in [0.3, 0.4) is 0 Å². The molecule has 1 fully saturated rings. The van der Waals surface area contributed by atoms with Gasteiger partial charge in [0.2, 0.25) is 5.91 Å². The summed E-state index contributed by atoms with van der Waals surface area (Å²) in [6.07, 6.45) is 2.54. The summed E-state index contributed by atoms with van der Waals surface area (Å²) in [5, 5.41) is 8.57. The van der Waals surface area contributed by atoms with E-state index in [1.807, 2.05) is 43.3 Å². The molecule has 0 atom stereocenters. The number of aryl methyl sites for hydroxylation is 1. The standard InChI is InChI=1S/C19H21N3O2/c1-13-4-2-3-5-17(13)22-19(24)21-16-8-6-14(7-9-16)12-18(23)20-15-10-11-15/h2-9,15H,10-12H2,1H3,(H,20,23)(H2,21,22,24). The Morgan fingerprint density at radius 1 is 1.00 bits per heavy atom. The van der Waals surface area contributed by atoms with Gasteiger partial charge in [-0.2, -0.15) is 0 Å². The predicted molar refractivity (Wildman–Crippen MR) is 95.1 cm³/mol. The van der Waals surface area contributed by atoms with Gasteiger partial charge >= 0.3 is 6.03 Å². The van der Waals surface area contributed by atoms with Crippen molar-refractivity contribution in [3.8, 4) is 0 Å². The molecule has 2 aromatic carbocycles. The van der Waals surface area contributed by atoms with Crippen molar-refractivity contribution in [2.24, 2.45) is 0 Å². The van der Waals surface area contributed by atoms with Crippen LogP contribution in [0.1, 0.15) is 24.0 Å². The van der Waals surface area contributed by atoms with Crippen molar-refractivity contribution < 1.29 is 9.59 Å². The van der Waals surface area contributed by atoms with Gasteiger partial charge in [0.05, 0.1) is 6.42 Å². The quantitative estimate of drug-likeness (QED) is 0.788. The molecule has 0 spiro atoms. The molecule has 1 aliphatic carbocycles. The summed E-state index contributed by atoms with van der Waals surface area (Å²) in [6, 6.07) is 15.0. The van der Waals surface area contributed by atoms with Crippen LogP contribution in [0.25, 0.3) is 0 Å². The Morgan fingerprint density at radius 3 is 2.38 bits per heavy atom. The zero-order valence-corrected chi connectivity index (χ0v) is 13.6. The number of benzene rings is 2. The fraction of sp³-hybridized carbons (Fsp3) is 0.263. The minimum absolute atomic E-state index is 0.0514. The SMILES string of the molecule is Cc1ccccc1NC(=O)Nc1ccc(CC(=O)NC2CC2)cc1. The van der Waals surface area contributed by atoms with Crippen LogP contribution >= 0.6 is 0 Å². The number of nitrogens with one attached hydrogen (secondary N) is 3. The number of amides is 3. The summed E-state index contributed by atoms with van der Waals surface area (Å²) >= 11 is 0. The smallest absolute Gasteiger partial charge is 0.323 e. The molecule has 24 heavy (non-hydrogen) atoms. The highest BCUT2D eigenvalue weighted by Gasteiger charge is 2.22. The van der Waals surface area contributed by atoms with E-state index < -0.39 is 0 Å². The van der Waals surface area contributed by atoms with Crippen molar-refractivity contribution in [1.29, 1.82) is 0 Å². The molecule has 0 unspecified atom stereocenters. The van der Waals surface area contributed by atoms with E-state index >= 15 is 0 Å². The number of urea groups is 1. The molecule has 0 aliphatic heterocycles. The Bertz CT molecular complexity index is 737. The predicted octanol–water partition coefficient (Wildman–Crippen LogP) is 3.46. The molecule has 0 radical (unpaired) electrons. The highest BCUT2D eigenvalue weighted by molar-refractivity contribution is 6.00. The third-order valence-electron chi connectivity index (χ3n) is 3.91. The second-order valence-corrected chi connectivity index (χ2v) is 6.11. The van der Waals surface area contributed by atoms with Gasteiger partial charge in [0.1, 0.15) is 0 Å². The number of carbonyl (C=O) groups excluding carboxylic acids is 2. The van der Waals surface area contributed by atoms with Crippen LogP contribution < -0.4 is 16.0 Å². The van der Waals surface area contributed by atoms with Crippen LogP contribution in [0.15, 0.2) is 48.5 Å². The fourth-order valence-electron chi connectivity index (χ4n) is 2.40. The minimum Gasteiger partial charge on any atom is -0.353 e. The maximum absolute atomic E-state index is 12.0. The van der Waals surface area contributed by atoms with Gasteiger partial charge in [-0.25, -0.2) is 4.79 Å². The Morgan fingerprint density at radius 2 is 1.71 bits per heavy atom. The summed E-state index contributed by atoms with van der Waals surface area (Å²) in [7, 11) is 0. The fourth-order valence-corrected chi connectivity index (χ4v) is 2.40. The van der Waals surface area contributed by atoms with Crippen molar-refractivity contribution in [1.82, 2.24) is 5.32 Å². The van der Waals surface area contributed by atoms with Gasteiger partial charge in [0.25, 0.3) is 0 Å². The van der Waals surface area contributed by atoms with E-state index in [0.29, 0.717) is 18.2 Å². The van der Waals surface area contributed by atoms with Gasteiger partial charge in [-0.3, -0.25) is 4.79 Å². The first-order chi connectivity index (χ1) is 11.6. The van der Waals surface area contributed by atoms with Crippen LogP contribution in [0, 0.1) is 6.92 Å². The molecule has 2 aromatic rings. The molecule has 0 bridgehead atoms. The maximum Gasteiger partial charge on any atom is 0.323 e. The third-order valence-corrected chi connectivity index (χ3v) is 3.91. The highest BCUT2D eigenvalue weighted by Crippen LogP contribution is 2.19. The summed E-state index contributed by atoms with van der Waals surface area (Å²) < 4.78 is 0. The molecular weight excluding hydrogens is 302 g/mol. The number of anilines is 2. The Kier molecular flexibility index (Phi) is 4.79. The maximum atomic E-state index is 12.0. The van der Waals surface area contributed by atoms with E-state index in [4.69, 9.17) is 0 Å². The normalized spacial score (nSPS) is 13.2. The number of carbonyl (C=O) groups is 2. The lowest BCUT2D eigenvalue weighted by molar-refractivity contribution is -0.120. The molecule has 1 aliphatic rings. The second-order valence-electron chi connectivity index (χ2n) is 6.11. The molecular formula is C19H21N3O2. The summed E-state index contributed by atoms with van der Waals surface area (Å²) in [4.78, 5) is 23.8. The Labute approximate surface area is 141 Å². The van der Waals surface area contributed by atoms with E-state index in [1.54, 1.807) is 12.1 Å². The number of rotatable bonds is 5. The van der Waals surface area contributed by atoms with Gasteiger partial charge in [-0.1, -0.05) is 30.3 Å². The minimum atomic E-state index is -0.288. The lowest BCUT2D eigenvalue weighted by atomic mass is 10.1. The van der Waals surface area contributed by atoms with Crippen LogP contribution in [0.2, 0.25) is 0 Å². The lowest BCUT2D eigenvalue weighted by Gasteiger charge is -2.10. The first kappa shape index (κ1) is 16.1. The first-order valence-corrected chi connectivity index (χ1v) is 8.12. The topological polar surface area (TPSA) is 70.2 Å². The average molecular weight is 323 g/mol. The van der Waals surface area contributed by atoms with E-state index in [-0.39, 0.29) is 11.9 Å². The van der Waals surface area contributed by atoms with Crippen molar-refractivity contribution in [2.45, 2.75) is 32.2 Å². The summed E-state index contributed by atoms with van der Waals surface area (Å²) in [6.45, 7) is 1.94. The van der Waals surface area contributed by atoms with Crippen LogP contribution in [-0.2, 0) is 11.2 Å². The van der Waals surface area contributed by atoms with Crippen molar-refractivity contribution in [3.63, 3.8) is 0 Å². The molecule has 0 heterocycles. The molecule has 3 amide bonds. The summed E-state index contributed by atoms with van der Waals surface area (Å²) in [5.74, 6) is 0.0514. The monoisotopic (exact) mass is 323 g/mol. The molecule has 0 saturated heterocycles. The third kappa shape index (κ3) is 4.59. The van der Waals surface area contributed by atoms with Crippen molar-refractivity contribution >= 4 is 23.3 Å². The van der Waals surface area contributed by atoms with Crippen molar-refractivity contribution in [2.75, 3.05) is 10.6 Å². The van der Waals surface area contributed by atoms with Crippen LogP contribution in [-0.4, -0.2) is 18.0 Å². The van der Waals surface area contributed by atoms with Gasteiger partial charge in [-0.15, -0.1) is 0 Å². The van der Waals surface area contributed by atoms with E-state index in [9.17, 15) is 9.59 Å². The molecule has 124 valence electrons. The zero-order valence-electron chi connectivity index (χ0n) is 13.6. The molecule has 0 aromatic heterocycles. The van der Waals surface area contributed by atoms with Gasteiger partial charge < -0.3 is 16.0 Å². The van der Waals surface area contributed by atoms with Crippen LogP contribution in [0.4, 0.5) is 16.2 Å². The zero-order chi connectivity index (χ0) is 16.9. The highest BCUT2D eigenvalue weighted by atomic mass is 16.2. The van der Waals surface area contributed by atoms with Gasteiger partial charge in [0, 0.05) is 17.4 Å². The van der Waals surface area contributed by atoms with Crippen molar-refractivity contribution in [3.05, 3.63) is 59.7 Å². The van der Waals surface area contributed by atoms with E-state index in [2.05, 4.69) is 16.0 Å². The number of hydrogen-bond acceptors (Lipinski definition) is 2. The van der Waals surface area contributed by atoms with Gasteiger partial charge in [-0.05, 0) is 49.1 Å². The Hall–Kier alpha value is -2.82. The second kappa shape index (κ2) is 7.17. The lowest BCUT2D eigenvalue weighted by Crippen LogP contribution is -2.26. The van der Waals surface area contributed by atoms with E-state index in [0.717, 1.165) is 29.7 Å². The molecule has 5 nitrogen and oxygen atoms in total. The number of para-hydroxylation sites is 1. The molecule has 5 heteroatoms. The Balaban J connectivity index is 1.52. The number of hydrogen-bond donors (Lipinski definition) is 3. The van der Waals surface area contributed by atoms with Crippen LogP contribution in [0.5, 0.6) is 0 Å². The molecule has 3 N–H and O–H groups in total. The molecule has 3 rings (SSSR count). The van der Waals surface area contributed by atoms with Gasteiger partial charge in [0.15, 0.2) is 0 Å². The molecule has 1 saturated carbocycles. The summed E-state index contributed by atoms with van der Waals surface area (Å²) in [5.41, 5.74) is 3.40.